The minimum Gasteiger partial charge on any atom is -0.369 e. The average molecular weight is 235 g/mol. The van der Waals surface area contributed by atoms with E-state index >= 15 is 0 Å². The van der Waals surface area contributed by atoms with E-state index in [4.69, 9.17) is 22.9 Å². The SMILES string of the molecule is CC(=N/N=C(N)N)/C(C)=N/N=C(N)N.Cl. The maximum Gasteiger partial charge on any atom is 0.211 e. The van der Waals surface area contributed by atoms with Crippen LogP contribution in [0.1, 0.15) is 13.8 Å². The van der Waals surface area contributed by atoms with Crippen LogP contribution >= 0.6 is 12.4 Å². The van der Waals surface area contributed by atoms with Crippen LogP contribution in [0.3, 0.4) is 0 Å². The molecule has 0 aliphatic heterocycles. The fraction of sp³-hybridized carbons (Fsp3) is 0.333. The Hall–Kier alpha value is -1.83. The Morgan fingerprint density at radius 2 is 0.933 bits per heavy atom. The highest BCUT2D eigenvalue weighted by Gasteiger charge is 1.95. The van der Waals surface area contributed by atoms with Gasteiger partial charge in [-0.15, -0.1) is 22.6 Å². The number of hydrogen-bond acceptors (Lipinski definition) is 4. The summed E-state index contributed by atoms with van der Waals surface area (Å²) in [5, 5.41) is 14.2. The maximum absolute atomic E-state index is 5.08. The molecule has 0 aliphatic rings. The van der Waals surface area contributed by atoms with Crippen LogP contribution in [0.2, 0.25) is 0 Å². The molecule has 0 aromatic heterocycles. The van der Waals surface area contributed by atoms with Gasteiger partial charge in [0, 0.05) is 0 Å². The van der Waals surface area contributed by atoms with Gasteiger partial charge in [0.25, 0.3) is 0 Å². The standard InChI is InChI=1S/C6H14N8.ClH/c1-3(11-13-5(7)8)4(2)12-14-6(9)10;/h1-2H3,(H4,7,8,13)(H4,9,10,14);1H/b11-3-,12-4+;. The smallest absolute Gasteiger partial charge is 0.211 e. The van der Waals surface area contributed by atoms with Crippen molar-refractivity contribution in [3.63, 3.8) is 0 Å². The van der Waals surface area contributed by atoms with Crippen LogP contribution < -0.4 is 22.9 Å². The van der Waals surface area contributed by atoms with E-state index < -0.39 is 0 Å². The lowest BCUT2D eigenvalue weighted by atomic mass is 10.3. The number of guanidine groups is 2. The molecule has 0 saturated carbocycles. The van der Waals surface area contributed by atoms with Gasteiger partial charge in [-0.05, 0) is 13.8 Å². The van der Waals surface area contributed by atoms with Crippen LogP contribution in [0.25, 0.3) is 0 Å². The number of nitrogens with two attached hydrogens (primary N) is 4. The average Bonchev–Trinajstić information content (AvgIpc) is 2.09. The van der Waals surface area contributed by atoms with Crippen molar-refractivity contribution in [2.45, 2.75) is 13.8 Å². The number of hydrogen-bond donors (Lipinski definition) is 4. The largest absolute Gasteiger partial charge is 0.369 e. The van der Waals surface area contributed by atoms with E-state index in [0.717, 1.165) is 0 Å². The fourth-order valence-corrected chi connectivity index (χ4v) is 0.410. The highest BCUT2D eigenvalue weighted by molar-refractivity contribution is 6.40. The van der Waals surface area contributed by atoms with E-state index in [0.29, 0.717) is 11.4 Å². The molecule has 8 nitrogen and oxygen atoms in total. The Balaban J connectivity index is 0. The first kappa shape index (κ1) is 15.6. The van der Waals surface area contributed by atoms with Gasteiger partial charge >= 0.3 is 0 Å². The summed E-state index contributed by atoms with van der Waals surface area (Å²) in [5.74, 6) is -0.252. The van der Waals surface area contributed by atoms with Gasteiger partial charge in [0.1, 0.15) is 0 Å². The van der Waals surface area contributed by atoms with E-state index in [9.17, 15) is 0 Å². The van der Waals surface area contributed by atoms with Gasteiger partial charge in [0.2, 0.25) is 11.9 Å². The second kappa shape index (κ2) is 7.56. The van der Waals surface area contributed by atoms with E-state index in [1.54, 1.807) is 13.8 Å². The summed E-state index contributed by atoms with van der Waals surface area (Å²) in [4.78, 5) is 0. The third kappa shape index (κ3) is 8.50. The van der Waals surface area contributed by atoms with Crippen molar-refractivity contribution in [1.82, 2.24) is 0 Å². The van der Waals surface area contributed by atoms with Crippen LogP contribution in [0.15, 0.2) is 20.4 Å². The molecular weight excluding hydrogens is 220 g/mol. The minimum atomic E-state index is -0.126. The quantitative estimate of drug-likeness (QED) is 0.272. The van der Waals surface area contributed by atoms with Crippen molar-refractivity contribution in [1.29, 1.82) is 0 Å². The molecule has 0 atom stereocenters. The zero-order valence-corrected chi connectivity index (χ0v) is 9.32. The molecule has 0 rings (SSSR count). The molecule has 0 aromatic carbocycles. The normalized spacial score (nSPS) is 11.3. The van der Waals surface area contributed by atoms with Crippen LogP contribution in [0.5, 0.6) is 0 Å². The summed E-state index contributed by atoms with van der Waals surface area (Å²) >= 11 is 0. The molecule has 0 fully saturated rings. The summed E-state index contributed by atoms with van der Waals surface area (Å²) in [6.07, 6.45) is 0. The van der Waals surface area contributed by atoms with Gasteiger partial charge in [-0.1, -0.05) is 0 Å². The lowest BCUT2D eigenvalue weighted by Gasteiger charge is -1.94. The molecule has 0 aromatic rings. The summed E-state index contributed by atoms with van der Waals surface area (Å²) < 4.78 is 0. The first-order chi connectivity index (χ1) is 6.43. The highest BCUT2D eigenvalue weighted by Crippen LogP contribution is 1.86. The van der Waals surface area contributed by atoms with Crippen LogP contribution in [0.4, 0.5) is 0 Å². The predicted octanol–water partition coefficient (Wildman–Crippen LogP) is -1.29. The second-order valence-electron chi connectivity index (χ2n) is 2.42. The Kier molecular flexibility index (Phi) is 7.88. The lowest BCUT2D eigenvalue weighted by Crippen LogP contribution is -2.23. The third-order valence-electron chi connectivity index (χ3n) is 1.15. The van der Waals surface area contributed by atoms with Crippen LogP contribution in [-0.2, 0) is 0 Å². The topological polar surface area (TPSA) is 154 Å². The molecule has 0 bridgehead atoms. The Morgan fingerprint density at radius 1 is 0.667 bits per heavy atom. The second-order valence-corrected chi connectivity index (χ2v) is 2.42. The third-order valence-corrected chi connectivity index (χ3v) is 1.15. The van der Waals surface area contributed by atoms with Crippen LogP contribution in [0, 0.1) is 0 Å². The number of rotatable bonds is 3. The highest BCUT2D eigenvalue weighted by atomic mass is 35.5. The minimum absolute atomic E-state index is 0. The Labute approximate surface area is 93.6 Å². The lowest BCUT2D eigenvalue weighted by molar-refractivity contribution is 1.18. The monoisotopic (exact) mass is 234 g/mol. The van der Waals surface area contributed by atoms with Crippen molar-refractivity contribution >= 4 is 35.7 Å². The Bertz CT molecular complexity index is 275. The molecule has 8 N–H and O–H groups in total. The van der Waals surface area contributed by atoms with Gasteiger partial charge < -0.3 is 22.9 Å². The van der Waals surface area contributed by atoms with Crippen molar-refractivity contribution in [2.24, 2.45) is 43.3 Å². The van der Waals surface area contributed by atoms with Gasteiger partial charge in [-0.2, -0.15) is 10.2 Å². The molecular formula is C6H15ClN8. The Morgan fingerprint density at radius 3 is 1.13 bits per heavy atom. The van der Waals surface area contributed by atoms with Gasteiger partial charge in [-0.25, -0.2) is 0 Å². The molecule has 9 heteroatoms. The van der Waals surface area contributed by atoms with Crippen molar-refractivity contribution in [3.8, 4) is 0 Å². The van der Waals surface area contributed by atoms with E-state index in [2.05, 4.69) is 20.4 Å². The molecule has 15 heavy (non-hydrogen) atoms. The molecule has 0 spiro atoms. The van der Waals surface area contributed by atoms with Crippen molar-refractivity contribution in [3.05, 3.63) is 0 Å². The van der Waals surface area contributed by atoms with Gasteiger partial charge in [0.15, 0.2) is 0 Å². The molecule has 0 heterocycles. The van der Waals surface area contributed by atoms with E-state index in [1.165, 1.54) is 0 Å². The first-order valence-electron chi connectivity index (χ1n) is 3.70. The molecule has 0 radical (unpaired) electrons. The molecule has 0 unspecified atom stereocenters. The predicted molar refractivity (Wildman–Crippen MR) is 65.1 cm³/mol. The van der Waals surface area contributed by atoms with Gasteiger partial charge in [-0.3, -0.25) is 0 Å². The van der Waals surface area contributed by atoms with Crippen molar-refractivity contribution < 1.29 is 0 Å². The summed E-state index contributed by atoms with van der Waals surface area (Å²) in [6, 6.07) is 0. The zero-order valence-electron chi connectivity index (χ0n) is 8.51. The molecule has 0 saturated heterocycles. The van der Waals surface area contributed by atoms with Crippen LogP contribution in [-0.4, -0.2) is 23.3 Å². The molecule has 0 amide bonds. The summed E-state index contributed by atoms with van der Waals surface area (Å²) in [6.45, 7) is 3.35. The number of nitrogens with zero attached hydrogens (tertiary/aromatic N) is 4. The maximum atomic E-state index is 5.08. The number of halogens is 1. The molecule has 86 valence electrons. The first-order valence-corrected chi connectivity index (χ1v) is 3.70. The van der Waals surface area contributed by atoms with Gasteiger partial charge in [0.05, 0.1) is 11.4 Å². The fourth-order valence-electron chi connectivity index (χ4n) is 0.410. The van der Waals surface area contributed by atoms with E-state index in [-0.39, 0.29) is 24.3 Å². The van der Waals surface area contributed by atoms with E-state index in [1.807, 2.05) is 0 Å². The summed E-state index contributed by atoms with van der Waals surface area (Å²) in [7, 11) is 0. The van der Waals surface area contributed by atoms with Crippen molar-refractivity contribution in [2.75, 3.05) is 0 Å². The summed E-state index contributed by atoms with van der Waals surface area (Å²) in [5.41, 5.74) is 21.3. The molecule has 0 aliphatic carbocycles. The zero-order chi connectivity index (χ0) is 11.1.